The second-order valence-corrected chi connectivity index (χ2v) is 9.85. The van der Waals surface area contributed by atoms with Crippen molar-refractivity contribution in [3.63, 3.8) is 0 Å². The minimum absolute atomic E-state index is 0.0578. The molecule has 8 nitrogen and oxygen atoms in total. The van der Waals surface area contributed by atoms with E-state index in [2.05, 4.69) is 35.5 Å². The fourth-order valence-electron chi connectivity index (χ4n) is 4.71. The summed E-state index contributed by atoms with van der Waals surface area (Å²) in [5.74, 6) is -0.329. The number of carbonyl (C=O) groups is 1. The molecule has 5 rings (SSSR count). The van der Waals surface area contributed by atoms with E-state index in [4.69, 9.17) is 0 Å². The van der Waals surface area contributed by atoms with Gasteiger partial charge in [0.15, 0.2) is 0 Å². The van der Waals surface area contributed by atoms with Crippen LogP contribution in [0.3, 0.4) is 0 Å². The van der Waals surface area contributed by atoms with Gasteiger partial charge in [0, 0.05) is 29.8 Å². The van der Waals surface area contributed by atoms with E-state index in [9.17, 15) is 18.0 Å². The first-order valence-electron chi connectivity index (χ1n) is 12.9. The molecule has 1 saturated heterocycles. The summed E-state index contributed by atoms with van der Waals surface area (Å²) in [5, 5.41) is 5.56. The van der Waals surface area contributed by atoms with Crippen LogP contribution in [0.2, 0.25) is 0 Å². The molecule has 1 aliphatic rings. The Morgan fingerprint density at radius 1 is 0.950 bits per heavy atom. The van der Waals surface area contributed by atoms with Crippen LogP contribution in [0.15, 0.2) is 67.3 Å². The molecule has 1 aliphatic heterocycles. The van der Waals surface area contributed by atoms with Crippen molar-refractivity contribution in [2.75, 3.05) is 30.8 Å². The second kappa shape index (κ2) is 11.4. The number of carbonyl (C=O) groups excluding carboxylic acids is 1. The van der Waals surface area contributed by atoms with Crippen LogP contribution in [0.4, 0.5) is 30.5 Å². The minimum Gasteiger partial charge on any atom is -0.324 e. The van der Waals surface area contributed by atoms with Crippen LogP contribution in [-0.2, 0) is 6.18 Å². The zero-order valence-corrected chi connectivity index (χ0v) is 22.0. The lowest BCUT2D eigenvalue weighted by Gasteiger charge is -2.29. The Morgan fingerprint density at radius 2 is 1.75 bits per heavy atom. The molecule has 0 bridgehead atoms. The highest BCUT2D eigenvalue weighted by Gasteiger charge is 2.35. The smallest absolute Gasteiger partial charge is 0.324 e. The Bertz CT molecular complexity index is 1500. The van der Waals surface area contributed by atoms with Gasteiger partial charge in [-0.1, -0.05) is 12.1 Å². The summed E-state index contributed by atoms with van der Waals surface area (Å²) < 4.78 is 42.1. The highest BCUT2D eigenvalue weighted by molar-refractivity contribution is 6.05. The Morgan fingerprint density at radius 3 is 2.48 bits per heavy atom. The molecule has 2 N–H and O–H groups in total. The molecule has 2 aromatic heterocycles. The van der Waals surface area contributed by atoms with Gasteiger partial charge in [-0.2, -0.15) is 13.2 Å². The third-order valence-corrected chi connectivity index (χ3v) is 7.01. The summed E-state index contributed by atoms with van der Waals surface area (Å²) in [6.07, 6.45) is 3.25. The molecule has 0 unspecified atom stereocenters. The standard InChI is InChI=1S/C29H28F3N7O/c1-18-3-4-21(16-25(18)38-28-35-10-7-24(37-28)26-17-33-11-12-34-26)27(40)36-23-6-5-20(15-22(23)29(30,31)32)19-8-13-39(2)14-9-19/h3-7,10-12,15-17,19H,8-9,13-14H2,1-2H3,(H,36,40)(H,35,37,38). The fraction of sp³-hybridized carbons (Fsp3) is 0.276. The lowest BCUT2D eigenvalue weighted by Crippen LogP contribution is -2.29. The molecule has 0 saturated carbocycles. The van der Waals surface area contributed by atoms with Crippen molar-refractivity contribution in [3.8, 4) is 11.4 Å². The van der Waals surface area contributed by atoms with Crippen LogP contribution in [0.5, 0.6) is 0 Å². The zero-order valence-electron chi connectivity index (χ0n) is 22.0. The summed E-state index contributed by atoms with van der Waals surface area (Å²) >= 11 is 0. The quantitative estimate of drug-likeness (QED) is 0.303. The van der Waals surface area contributed by atoms with E-state index in [0.717, 1.165) is 31.5 Å². The predicted molar refractivity (Wildman–Crippen MR) is 146 cm³/mol. The normalized spacial score (nSPS) is 14.6. The van der Waals surface area contributed by atoms with Crippen molar-refractivity contribution < 1.29 is 18.0 Å². The van der Waals surface area contributed by atoms with Crippen molar-refractivity contribution in [2.24, 2.45) is 0 Å². The van der Waals surface area contributed by atoms with Crippen LogP contribution in [0.1, 0.15) is 45.8 Å². The van der Waals surface area contributed by atoms with Gasteiger partial charge in [-0.15, -0.1) is 0 Å². The van der Waals surface area contributed by atoms with E-state index in [1.54, 1.807) is 55.1 Å². The molecule has 3 heterocycles. The molecule has 0 spiro atoms. The Hall–Kier alpha value is -4.38. The lowest BCUT2D eigenvalue weighted by molar-refractivity contribution is -0.137. The van der Waals surface area contributed by atoms with Gasteiger partial charge in [0.1, 0.15) is 5.69 Å². The number of anilines is 3. The average molecular weight is 548 g/mol. The van der Waals surface area contributed by atoms with Crippen molar-refractivity contribution >= 4 is 23.2 Å². The van der Waals surface area contributed by atoms with Crippen LogP contribution >= 0.6 is 0 Å². The molecular weight excluding hydrogens is 519 g/mol. The van der Waals surface area contributed by atoms with Gasteiger partial charge in [-0.3, -0.25) is 14.8 Å². The van der Waals surface area contributed by atoms with Gasteiger partial charge in [-0.05, 0) is 87.3 Å². The number of aromatic nitrogens is 4. The van der Waals surface area contributed by atoms with E-state index in [1.807, 2.05) is 14.0 Å². The van der Waals surface area contributed by atoms with Gasteiger partial charge in [0.2, 0.25) is 5.95 Å². The van der Waals surface area contributed by atoms with E-state index < -0.39 is 17.6 Å². The van der Waals surface area contributed by atoms with E-state index in [-0.39, 0.29) is 23.1 Å². The number of amides is 1. The first-order chi connectivity index (χ1) is 19.2. The van der Waals surface area contributed by atoms with Gasteiger partial charge in [0.25, 0.3) is 5.91 Å². The number of alkyl halides is 3. The molecule has 40 heavy (non-hydrogen) atoms. The minimum atomic E-state index is -4.62. The first kappa shape index (κ1) is 27.2. The van der Waals surface area contributed by atoms with E-state index in [0.29, 0.717) is 22.6 Å². The number of nitrogens with zero attached hydrogens (tertiary/aromatic N) is 5. The molecule has 1 amide bonds. The Kier molecular flexibility index (Phi) is 7.74. The summed E-state index contributed by atoms with van der Waals surface area (Å²) in [5.41, 5.74) is 2.16. The molecular formula is C29H28F3N7O. The topological polar surface area (TPSA) is 95.9 Å². The third-order valence-electron chi connectivity index (χ3n) is 7.01. The zero-order chi connectivity index (χ0) is 28.3. The maximum absolute atomic E-state index is 14.0. The van der Waals surface area contributed by atoms with Crippen LogP contribution in [-0.4, -0.2) is 50.9 Å². The average Bonchev–Trinajstić information content (AvgIpc) is 2.95. The Labute approximate surface area is 229 Å². The number of nitrogens with one attached hydrogen (secondary N) is 2. The summed E-state index contributed by atoms with van der Waals surface area (Å²) in [4.78, 5) is 32.3. The number of hydrogen-bond acceptors (Lipinski definition) is 7. The fourth-order valence-corrected chi connectivity index (χ4v) is 4.71. The summed E-state index contributed by atoms with van der Waals surface area (Å²) in [6.45, 7) is 3.51. The summed E-state index contributed by atoms with van der Waals surface area (Å²) in [6, 6.07) is 10.7. The lowest BCUT2D eigenvalue weighted by atomic mass is 9.88. The van der Waals surface area contributed by atoms with Gasteiger partial charge < -0.3 is 15.5 Å². The molecule has 0 atom stereocenters. The molecule has 0 radical (unpaired) electrons. The second-order valence-electron chi connectivity index (χ2n) is 9.85. The number of aryl methyl sites for hydroxylation is 1. The van der Waals surface area contributed by atoms with E-state index in [1.165, 1.54) is 12.1 Å². The van der Waals surface area contributed by atoms with E-state index >= 15 is 0 Å². The number of benzene rings is 2. The van der Waals surface area contributed by atoms with Crippen LogP contribution in [0, 0.1) is 6.92 Å². The monoisotopic (exact) mass is 547 g/mol. The van der Waals surface area contributed by atoms with Crippen molar-refractivity contribution in [2.45, 2.75) is 31.9 Å². The molecule has 2 aromatic carbocycles. The summed E-state index contributed by atoms with van der Waals surface area (Å²) in [7, 11) is 2.01. The molecule has 11 heteroatoms. The third kappa shape index (κ3) is 6.26. The molecule has 0 aliphatic carbocycles. The van der Waals surface area contributed by atoms with Gasteiger partial charge in [-0.25, -0.2) is 9.97 Å². The van der Waals surface area contributed by atoms with Crippen LogP contribution in [0.25, 0.3) is 11.4 Å². The number of halogens is 3. The maximum atomic E-state index is 14.0. The van der Waals surface area contributed by atoms with Crippen molar-refractivity contribution in [1.82, 2.24) is 24.8 Å². The molecule has 4 aromatic rings. The highest BCUT2D eigenvalue weighted by Crippen LogP contribution is 2.39. The molecule has 1 fully saturated rings. The Balaban J connectivity index is 1.36. The van der Waals surface area contributed by atoms with Crippen LogP contribution < -0.4 is 10.6 Å². The number of rotatable bonds is 6. The highest BCUT2D eigenvalue weighted by atomic mass is 19.4. The van der Waals surface area contributed by atoms with Gasteiger partial charge >= 0.3 is 6.18 Å². The largest absolute Gasteiger partial charge is 0.418 e. The van der Waals surface area contributed by atoms with Crippen molar-refractivity contribution in [3.05, 3.63) is 89.5 Å². The number of hydrogen-bond donors (Lipinski definition) is 2. The number of likely N-dealkylation sites (tertiary alicyclic amines) is 1. The predicted octanol–water partition coefficient (Wildman–Crippen LogP) is 6.07. The van der Waals surface area contributed by atoms with Gasteiger partial charge in [0.05, 0.1) is 23.1 Å². The SMILES string of the molecule is Cc1ccc(C(=O)Nc2ccc(C3CCN(C)CC3)cc2C(F)(F)F)cc1Nc1nccc(-c2cnccn2)n1. The molecule has 206 valence electrons. The number of piperidine rings is 1. The van der Waals surface area contributed by atoms with Crippen molar-refractivity contribution in [1.29, 1.82) is 0 Å². The first-order valence-corrected chi connectivity index (χ1v) is 12.9. The maximum Gasteiger partial charge on any atom is 0.418 e.